The minimum absolute atomic E-state index is 0.504. The van der Waals surface area contributed by atoms with E-state index in [-0.39, 0.29) is 0 Å². The normalized spacial score (nSPS) is 19.1. The first-order valence-corrected chi connectivity index (χ1v) is 8.40. The first-order chi connectivity index (χ1) is 8.72. The van der Waals surface area contributed by atoms with Crippen LogP contribution < -0.4 is 5.32 Å². The van der Waals surface area contributed by atoms with E-state index in [0.29, 0.717) is 6.04 Å². The highest BCUT2D eigenvalue weighted by Crippen LogP contribution is 2.37. The van der Waals surface area contributed by atoms with Gasteiger partial charge in [-0.1, -0.05) is 6.92 Å². The van der Waals surface area contributed by atoms with Crippen LogP contribution in [0.3, 0.4) is 0 Å². The maximum Gasteiger partial charge on any atom is 0.0469 e. The van der Waals surface area contributed by atoms with Gasteiger partial charge in [-0.25, -0.2) is 0 Å². The van der Waals surface area contributed by atoms with Crippen molar-refractivity contribution >= 4 is 27.3 Å². The molecule has 1 saturated heterocycles. The highest BCUT2D eigenvalue weighted by atomic mass is 79.9. The number of nitrogens with one attached hydrogen (secondary N) is 1. The van der Waals surface area contributed by atoms with Crippen molar-refractivity contribution in [2.45, 2.75) is 39.2 Å². The van der Waals surface area contributed by atoms with E-state index in [1.807, 2.05) is 11.3 Å². The Morgan fingerprint density at radius 2 is 2.22 bits per heavy atom. The number of hydrogen-bond donors (Lipinski definition) is 1. The van der Waals surface area contributed by atoms with Gasteiger partial charge in [0.05, 0.1) is 0 Å². The third kappa shape index (κ3) is 3.56. The average molecular weight is 332 g/mol. The minimum atomic E-state index is 0.504. The van der Waals surface area contributed by atoms with Crippen LogP contribution in [-0.2, 0) is 4.74 Å². The maximum atomic E-state index is 5.49. The summed E-state index contributed by atoms with van der Waals surface area (Å²) >= 11 is 5.55. The van der Waals surface area contributed by atoms with Crippen LogP contribution in [0.2, 0.25) is 0 Å². The lowest BCUT2D eigenvalue weighted by molar-refractivity contribution is 0.0540. The summed E-state index contributed by atoms with van der Waals surface area (Å²) in [7, 11) is 0. The topological polar surface area (TPSA) is 21.3 Å². The van der Waals surface area contributed by atoms with Crippen LogP contribution >= 0.6 is 27.3 Å². The summed E-state index contributed by atoms with van der Waals surface area (Å²) in [5.41, 5.74) is 0. The van der Waals surface area contributed by atoms with Crippen LogP contribution in [0.1, 0.15) is 42.0 Å². The number of hydrogen-bond acceptors (Lipinski definition) is 3. The Kier molecular flexibility index (Phi) is 5.67. The van der Waals surface area contributed by atoms with E-state index in [4.69, 9.17) is 4.74 Å². The van der Waals surface area contributed by atoms with Gasteiger partial charge in [0.1, 0.15) is 0 Å². The number of halogens is 1. The number of rotatable bonds is 5. The summed E-state index contributed by atoms with van der Waals surface area (Å²) in [5, 5.41) is 3.73. The zero-order valence-corrected chi connectivity index (χ0v) is 13.6. The lowest BCUT2D eigenvalue weighted by atomic mass is 9.90. The molecule has 0 radical (unpaired) electrons. The molecule has 1 atom stereocenters. The van der Waals surface area contributed by atoms with E-state index < -0.39 is 0 Å². The fourth-order valence-corrected chi connectivity index (χ4v) is 4.21. The van der Waals surface area contributed by atoms with Crippen LogP contribution in [0.15, 0.2) is 10.5 Å². The van der Waals surface area contributed by atoms with E-state index >= 15 is 0 Å². The summed E-state index contributed by atoms with van der Waals surface area (Å²) in [6, 6.07) is 2.80. The smallest absolute Gasteiger partial charge is 0.0469 e. The zero-order chi connectivity index (χ0) is 13.0. The van der Waals surface area contributed by atoms with Gasteiger partial charge in [0.2, 0.25) is 0 Å². The quantitative estimate of drug-likeness (QED) is 0.869. The predicted molar refractivity (Wildman–Crippen MR) is 81.3 cm³/mol. The van der Waals surface area contributed by atoms with Crippen molar-refractivity contribution in [2.75, 3.05) is 19.8 Å². The summed E-state index contributed by atoms with van der Waals surface area (Å²) < 4.78 is 6.73. The van der Waals surface area contributed by atoms with Gasteiger partial charge in [-0.3, -0.25) is 0 Å². The molecule has 1 aromatic heterocycles. The van der Waals surface area contributed by atoms with Gasteiger partial charge in [-0.2, -0.15) is 0 Å². The molecule has 1 aliphatic rings. The molecule has 2 rings (SSSR count). The Balaban J connectivity index is 2.12. The molecule has 1 aliphatic heterocycles. The summed E-state index contributed by atoms with van der Waals surface area (Å²) in [4.78, 5) is 2.85. The first-order valence-electron chi connectivity index (χ1n) is 6.79. The SMILES string of the molecule is CCCNC(c1cc(Br)c(C)s1)C1CCOCC1. The van der Waals surface area contributed by atoms with Gasteiger partial charge >= 0.3 is 0 Å². The molecule has 0 spiro atoms. The molecule has 0 aliphatic carbocycles. The molecule has 0 bridgehead atoms. The number of thiophene rings is 1. The molecule has 1 N–H and O–H groups in total. The molecule has 1 aromatic rings. The fourth-order valence-electron chi connectivity index (χ4n) is 2.48. The standard InChI is InChI=1S/C14H22BrNOS/c1-3-6-16-14(11-4-7-17-8-5-11)13-9-12(15)10(2)18-13/h9,11,14,16H,3-8H2,1-2H3. The Bertz CT molecular complexity index is 354. The van der Waals surface area contributed by atoms with Gasteiger partial charge in [0, 0.05) is 33.5 Å². The highest BCUT2D eigenvalue weighted by molar-refractivity contribution is 9.10. The maximum absolute atomic E-state index is 5.49. The number of aryl methyl sites for hydroxylation is 1. The van der Waals surface area contributed by atoms with Gasteiger partial charge in [0.25, 0.3) is 0 Å². The third-order valence-electron chi connectivity index (χ3n) is 3.53. The average Bonchev–Trinajstić information content (AvgIpc) is 2.71. The Morgan fingerprint density at radius 3 is 2.78 bits per heavy atom. The van der Waals surface area contributed by atoms with Gasteiger partial charge in [-0.15, -0.1) is 11.3 Å². The van der Waals surface area contributed by atoms with Crippen molar-refractivity contribution in [3.05, 3.63) is 20.3 Å². The second-order valence-electron chi connectivity index (χ2n) is 4.93. The van der Waals surface area contributed by atoms with E-state index in [2.05, 4.69) is 41.2 Å². The van der Waals surface area contributed by atoms with Crippen molar-refractivity contribution < 1.29 is 4.74 Å². The van der Waals surface area contributed by atoms with Gasteiger partial charge in [-0.05, 0) is 60.6 Å². The van der Waals surface area contributed by atoms with Crippen LogP contribution in [0.5, 0.6) is 0 Å². The summed E-state index contributed by atoms with van der Waals surface area (Å²) in [5.74, 6) is 0.718. The first kappa shape index (κ1) is 14.5. The van der Waals surface area contributed by atoms with E-state index in [1.165, 1.54) is 33.5 Å². The van der Waals surface area contributed by atoms with Crippen LogP contribution in [0.25, 0.3) is 0 Å². The van der Waals surface area contributed by atoms with Crippen LogP contribution in [-0.4, -0.2) is 19.8 Å². The van der Waals surface area contributed by atoms with Crippen molar-refractivity contribution in [1.29, 1.82) is 0 Å². The van der Waals surface area contributed by atoms with Crippen molar-refractivity contribution in [3.63, 3.8) is 0 Å². The molecule has 0 saturated carbocycles. The van der Waals surface area contributed by atoms with E-state index in [9.17, 15) is 0 Å². The Morgan fingerprint density at radius 1 is 1.50 bits per heavy atom. The molecule has 0 amide bonds. The zero-order valence-electron chi connectivity index (χ0n) is 11.2. The molecular weight excluding hydrogens is 310 g/mol. The van der Waals surface area contributed by atoms with Crippen molar-refractivity contribution in [3.8, 4) is 0 Å². The molecule has 102 valence electrons. The van der Waals surface area contributed by atoms with Gasteiger partial charge in [0.15, 0.2) is 0 Å². The van der Waals surface area contributed by atoms with Crippen LogP contribution in [0, 0.1) is 12.8 Å². The fraction of sp³-hybridized carbons (Fsp3) is 0.714. The van der Waals surface area contributed by atoms with Crippen molar-refractivity contribution in [2.24, 2.45) is 5.92 Å². The largest absolute Gasteiger partial charge is 0.381 e. The minimum Gasteiger partial charge on any atom is -0.381 e. The Hall–Kier alpha value is 0.1000. The summed E-state index contributed by atoms with van der Waals surface area (Å²) in [6.45, 7) is 7.33. The highest BCUT2D eigenvalue weighted by Gasteiger charge is 2.26. The summed E-state index contributed by atoms with van der Waals surface area (Å²) in [6.07, 6.45) is 3.54. The Labute approximate surface area is 122 Å². The molecule has 2 nitrogen and oxygen atoms in total. The predicted octanol–water partition coefficient (Wildman–Crippen LogP) is 4.29. The molecule has 0 aromatic carbocycles. The second-order valence-corrected chi connectivity index (χ2v) is 7.08. The second kappa shape index (κ2) is 7.04. The number of ether oxygens (including phenoxy) is 1. The van der Waals surface area contributed by atoms with Gasteiger partial charge < -0.3 is 10.1 Å². The molecule has 2 heterocycles. The van der Waals surface area contributed by atoms with Crippen LogP contribution in [0.4, 0.5) is 0 Å². The van der Waals surface area contributed by atoms with E-state index in [0.717, 1.165) is 25.7 Å². The molecule has 1 fully saturated rings. The van der Waals surface area contributed by atoms with Crippen molar-refractivity contribution in [1.82, 2.24) is 5.32 Å². The molecular formula is C14H22BrNOS. The lowest BCUT2D eigenvalue weighted by Gasteiger charge is -2.30. The molecule has 18 heavy (non-hydrogen) atoms. The lowest BCUT2D eigenvalue weighted by Crippen LogP contribution is -2.32. The molecule has 1 unspecified atom stereocenters. The monoisotopic (exact) mass is 331 g/mol. The van der Waals surface area contributed by atoms with E-state index in [1.54, 1.807) is 0 Å². The molecule has 4 heteroatoms. The third-order valence-corrected chi connectivity index (χ3v) is 5.75.